The summed E-state index contributed by atoms with van der Waals surface area (Å²) >= 11 is -3.65. The molecule has 0 aromatic heterocycles. The van der Waals surface area contributed by atoms with Gasteiger partial charge in [-0.1, -0.05) is 0 Å². The maximum absolute atomic E-state index is 8.52. The molecule has 0 rings (SSSR count). The monoisotopic (exact) mass is 192 g/mol. The summed E-state index contributed by atoms with van der Waals surface area (Å²) in [5, 5.41) is 7.58. The minimum Gasteiger partial charge on any atom is -0.405 e. The topological polar surface area (TPSA) is 89.4 Å². The Hall–Kier alpha value is 0.750. The third-order valence-electron chi connectivity index (χ3n) is 0. The highest BCUT2D eigenvalue weighted by Gasteiger charge is 1.67. The van der Waals surface area contributed by atoms with Crippen LogP contribution in [0.1, 0.15) is 0 Å². The third kappa shape index (κ3) is 271. The van der Waals surface area contributed by atoms with E-state index >= 15 is 0 Å². The summed E-state index contributed by atoms with van der Waals surface area (Å²) in [6, 6.07) is 0. The van der Waals surface area contributed by atoms with Gasteiger partial charge in [0.1, 0.15) is 6.35 Å². The van der Waals surface area contributed by atoms with Gasteiger partial charge >= 0.3 is 0 Å². The lowest BCUT2D eigenvalue weighted by molar-refractivity contribution is -1.73. The molecule has 0 bridgehead atoms. The van der Waals surface area contributed by atoms with Crippen LogP contribution in [-0.4, -0.2) is 11.5 Å². The SMILES string of the molecule is OC[PH3+].[O-][Br+2]([O-])[O-]. The molecule has 0 aliphatic heterocycles. The molecule has 6 heteroatoms. The van der Waals surface area contributed by atoms with Crippen molar-refractivity contribution in [2.75, 3.05) is 6.35 Å². The van der Waals surface area contributed by atoms with Crippen LogP contribution in [0.15, 0.2) is 0 Å². The van der Waals surface area contributed by atoms with E-state index in [1.54, 1.807) is 0 Å². The lowest BCUT2D eigenvalue weighted by atomic mass is 11.7. The van der Waals surface area contributed by atoms with Crippen molar-refractivity contribution >= 4 is 9.24 Å². The van der Waals surface area contributed by atoms with Gasteiger partial charge in [0, 0.05) is 9.24 Å². The first kappa shape index (κ1) is 10.7. The van der Waals surface area contributed by atoms with Crippen molar-refractivity contribution in [2.45, 2.75) is 0 Å². The van der Waals surface area contributed by atoms with Crippen LogP contribution in [0.25, 0.3) is 0 Å². The lowest BCUT2D eigenvalue weighted by Gasteiger charge is -1.85. The standard InChI is InChI=1S/CH5OP.BrO3/c2-1-3;2-1(3)4/h2H,1,3H2;/q;-1/p+1. The average Bonchev–Trinajstić information content (AvgIpc) is 1.33. The molecule has 1 atom stereocenters. The Labute approximate surface area is 48.8 Å². The van der Waals surface area contributed by atoms with E-state index in [2.05, 4.69) is 0 Å². The fraction of sp³-hybridized carbons (Fsp3) is 1.00. The molecule has 1 unspecified atom stereocenters. The highest BCUT2D eigenvalue weighted by atomic mass is 80.0. The second kappa shape index (κ2) is 9.89. The maximum atomic E-state index is 8.52. The predicted octanol–water partition coefficient (Wildman–Crippen LogP) is -4.02. The van der Waals surface area contributed by atoms with Crippen LogP contribution in [0.2, 0.25) is 0 Å². The van der Waals surface area contributed by atoms with E-state index in [4.69, 9.17) is 17.7 Å². The molecule has 0 aliphatic rings. The highest BCUT2D eigenvalue weighted by Crippen LogP contribution is 1.63. The highest BCUT2D eigenvalue weighted by molar-refractivity contribution is 7.16. The van der Waals surface area contributed by atoms with Gasteiger partial charge in [0.15, 0.2) is 0 Å². The van der Waals surface area contributed by atoms with Gasteiger partial charge < -0.3 is 17.7 Å². The van der Waals surface area contributed by atoms with Gasteiger partial charge in [-0.3, -0.25) is 0 Å². The molecule has 0 aromatic carbocycles. The van der Waals surface area contributed by atoms with Crippen molar-refractivity contribution < 1.29 is 32.5 Å². The molecule has 0 aromatic rings. The zero-order valence-electron chi connectivity index (χ0n) is 3.46. The van der Waals surface area contributed by atoms with Gasteiger partial charge in [-0.2, -0.15) is 0 Å². The summed E-state index contributed by atoms with van der Waals surface area (Å²) in [6.45, 7) is 0. The van der Waals surface area contributed by atoms with Gasteiger partial charge in [0.2, 0.25) is 14.8 Å². The molecule has 0 radical (unpaired) electrons. The summed E-state index contributed by atoms with van der Waals surface area (Å²) in [7, 11) is 1.53. The Bertz CT molecular complexity index is 22.9. The zero-order valence-corrected chi connectivity index (χ0v) is 6.46. The van der Waals surface area contributed by atoms with Crippen LogP contribution in [0.5, 0.6) is 0 Å². The smallest absolute Gasteiger partial charge is 0.216 e. The Kier molecular flexibility index (Phi) is 15.1. The molecule has 0 amide bonds. The molecule has 0 saturated carbocycles. The van der Waals surface area contributed by atoms with Gasteiger partial charge in [-0.15, -0.1) is 0 Å². The van der Waals surface area contributed by atoms with Crippen molar-refractivity contribution in [1.29, 1.82) is 0 Å². The Morgan fingerprint density at radius 3 is 1.43 bits per heavy atom. The van der Waals surface area contributed by atoms with Crippen LogP contribution in [0.3, 0.4) is 0 Å². The van der Waals surface area contributed by atoms with Crippen molar-refractivity contribution in [3.63, 3.8) is 0 Å². The van der Waals surface area contributed by atoms with Crippen LogP contribution in [0.4, 0.5) is 0 Å². The second-order valence-corrected chi connectivity index (χ2v) is 1.65. The van der Waals surface area contributed by atoms with E-state index in [1.165, 1.54) is 9.24 Å². The first-order chi connectivity index (χ1) is 3.15. The molecule has 0 saturated heterocycles. The number of aliphatic hydroxyl groups is 1. The molecule has 0 fully saturated rings. The quantitative estimate of drug-likeness (QED) is 0.396. The Balaban J connectivity index is 0. The van der Waals surface area contributed by atoms with E-state index in [0.29, 0.717) is 0 Å². The van der Waals surface area contributed by atoms with E-state index in [1.807, 2.05) is 0 Å². The number of hydrogen-bond donors (Lipinski definition) is 1. The van der Waals surface area contributed by atoms with Crippen LogP contribution in [0, 0.1) is 14.8 Å². The van der Waals surface area contributed by atoms with Crippen molar-refractivity contribution in [3.05, 3.63) is 0 Å². The first-order valence-corrected chi connectivity index (χ1v) is 4.22. The van der Waals surface area contributed by atoms with E-state index in [9.17, 15) is 0 Å². The Morgan fingerprint density at radius 2 is 1.43 bits per heavy atom. The summed E-state index contributed by atoms with van der Waals surface area (Å²) in [5.41, 5.74) is 0. The number of halogens is 1. The fourth-order valence-corrected chi connectivity index (χ4v) is 0. The van der Waals surface area contributed by atoms with Crippen LogP contribution >= 0.6 is 9.24 Å². The number of aliphatic hydroxyl groups excluding tert-OH is 1. The third-order valence-corrected chi connectivity index (χ3v) is 0. The fourth-order valence-electron chi connectivity index (χ4n) is 0. The van der Waals surface area contributed by atoms with Gasteiger partial charge in [0.25, 0.3) is 0 Å². The minimum atomic E-state index is -3.65. The predicted molar refractivity (Wildman–Crippen MR) is 18.2 cm³/mol. The van der Waals surface area contributed by atoms with E-state index < -0.39 is 14.8 Å². The normalized spacial score (nSPS) is 8.14. The van der Waals surface area contributed by atoms with Gasteiger partial charge in [0.05, 0.1) is 0 Å². The average molecular weight is 193 g/mol. The van der Waals surface area contributed by atoms with Gasteiger partial charge in [-0.25, -0.2) is 0 Å². The number of hydrogen-bond acceptors (Lipinski definition) is 4. The molecule has 4 nitrogen and oxygen atoms in total. The molecule has 0 heterocycles. The molecule has 7 heavy (non-hydrogen) atoms. The van der Waals surface area contributed by atoms with E-state index in [0.717, 1.165) is 0 Å². The largest absolute Gasteiger partial charge is 0.405 e. The molecule has 46 valence electrons. The zero-order chi connectivity index (χ0) is 6.28. The lowest BCUT2D eigenvalue weighted by Crippen LogP contribution is -2.42. The minimum absolute atomic E-state index is 0.278. The van der Waals surface area contributed by atoms with Crippen molar-refractivity contribution in [2.24, 2.45) is 0 Å². The number of rotatable bonds is 0. The molecule has 1 N–H and O–H groups in total. The maximum Gasteiger partial charge on any atom is 0.216 e. The molecule has 0 aliphatic carbocycles. The van der Waals surface area contributed by atoms with Crippen LogP contribution < -0.4 is 12.6 Å². The molecular formula is CH6BrO4P. The van der Waals surface area contributed by atoms with Crippen molar-refractivity contribution in [3.8, 4) is 0 Å². The van der Waals surface area contributed by atoms with Gasteiger partial charge in [-0.05, 0) is 0 Å². The summed E-state index contributed by atoms with van der Waals surface area (Å²) in [5.74, 6) is 0. The second-order valence-electron chi connectivity index (χ2n) is 0.413. The van der Waals surface area contributed by atoms with Crippen LogP contribution in [-0.2, 0) is 0 Å². The van der Waals surface area contributed by atoms with E-state index in [-0.39, 0.29) is 6.35 Å². The van der Waals surface area contributed by atoms with Crippen molar-refractivity contribution in [1.82, 2.24) is 0 Å². The summed E-state index contributed by atoms with van der Waals surface area (Å²) < 4.78 is 25.6. The molecule has 0 spiro atoms. The Morgan fingerprint density at radius 1 is 1.43 bits per heavy atom. The summed E-state index contributed by atoms with van der Waals surface area (Å²) in [4.78, 5) is 0. The summed E-state index contributed by atoms with van der Waals surface area (Å²) in [6.07, 6.45) is 0.278. The first-order valence-electron chi connectivity index (χ1n) is 1.28. The molecular weight excluding hydrogens is 187 g/mol.